The van der Waals surface area contributed by atoms with Gasteiger partial charge in [-0.05, 0) is 30.9 Å². The predicted octanol–water partition coefficient (Wildman–Crippen LogP) is 2.59. The van der Waals surface area contributed by atoms with Crippen LogP contribution in [0.3, 0.4) is 0 Å². The molecule has 1 aliphatic rings. The molecule has 6 heteroatoms. The van der Waals surface area contributed by atoms with Crippen LogP contribution in [-0.4, -0.2) is 39.7 Å². The van der Waals surface area contributed by atoms with Crippen molar-refractivity contribution in [1.82, 2.24) is 19.9 Å². The number of hydrogen-bond acceptors (Lipinski definition) is 4. The van der Waals surface area contributed by atoms with Gasteiger partial charge in [0.25, 0.3) is 5.91 Å². The number of rotatable bonds is 6. The third-order valence-corrected chi connectivity index (χ3v) is 4.53. The van der Waals surface area contributed by atoms with E-state index in [1.165, 1.54) is 19.3 Å². The van der Waals surface area contributed by atoms with Crippen LogP contribution in [0.25, 0.3) is 5.82 Å². The van der Waals surface area contributed by atoms with Crippen LogP contribution in [0.1, 0.15) is 43.0 Å². The van der Waals surface area contributed by atoms with Crippen molar-refractivity contribution in [3.63, 3.8) is 0 Å². The van der Waals surface area contributed by atoms with Gasteiger partial charge >= 0.3 is 0 Å². The zero-order valence-corrected chi connectivity index (χ0v) is 14.0. The molecule has 0 bridgehead atoms. The molecule has 24 heavy (non-hydrogen) atoms. The normalized spacial score (nSPS) is 20.7. The second-order valence-corrected chi connectivity index (χ2v) is 6.30. The summed E-state index contributed by atoms with van der Waals surface area (Å²) >= 11 is 0. The van der Waals surface area contributed by atoms with Crippen molar-refractivity contribution < 1.29 is 9.53 Å². The first-order chi connectivity index (χ1) is 11.7. The van der Waals surface area contributed by atoms with Gasteiger partial charge in [-0.2, -0.15) is 0 Å². The van der Waals surface area contributed by atoms with E-state index in [4.69, 9.17) is 4.74 Å². The number of hydrogen-bond donors (Lipinski definition) is 1. The molecule has 1 amide bonds. The number of ether oxygens (including phenoxy) is 1. The van der Waals surface area contributed by atoms with Gasteiger partial charge in [-0.15, -0.1) is 0 Å². The quantitative estimate of drug-likeness (QED) is 0.828. The van der Waals surface area contributed by atoms with Gasteiger partial charge in [0.05, 0.1) is 12.7 Å². The van der Waals surface area contributed by atoms with E-state index in [-0.39, 0.29) is 5.91 Å². The number of amides is 1. The van der Waals surface area contributed by atoms with Crippen LogP contribution < -0.4 is 5.32 Å². The maximum atomic E-state index is 12.3. The number of nitrogens with one attached hydrogen (secondary N) is 1. The Hall–Kier alpha value is -2.21. The minimum Gasteiger partial charge on any atom is -0.376 e. The Labute approximate surface area is 142 Å². The lowest BCUT2D eigenvalue weighted by Crippen LogP contribution is -2.31. The maximum absolute atomic E-state index is 12.3. The van der Waals surface area contributed by atoms with E-state index in [0.29, 0.717) is 36.6 Å². The number of carbonyl (C=O) groups is 1. The van der Waals surface area contributed by atoms with E-state index < -0.39 is 0 Å². The molecule has 0 unspecified atom stereocenters. The Kier molecular flexibility index (Phi) is 5.59. The van der Waals surface area contributed by atoms with Gasteiger partial charge in [0.1, 0.15) is 12.1 Å². The first-order valence-corrected chi connectivity index (χ1v) is 8.58. The van der Waals surface area contributed by atoms with Gasteiger partial charge in [-0.25, -0.2) is 9.97 Å². The zero-order chi connectivity index (χ0) is 16.8. The Morgan fingerprint density at radius 2 is 2.25 bits per heavy atom. The zero-order valence-electron chi connectivity index (χ0n) is 14.0. The maximum Gasteiger partial charge on any atom is 0.251 e. The average molecular weight is 328 g/mol. The van der Waals surface area contributed by atoms with E-state index in [1.54, 1.807) is 41.6 Å². The van der Waals surface area contributed by atoms with Crippen LogP contribution in [-0.2, 0) is 4.74 Å². The summed E-state index contributed by atoms with van der Waals surface area (Å²) in [4.78, 5) is 20.5. The minimum absolute atomic E-state index is 0.112. The number of carbonyl (C=O) groups excluding carboxylic acids is 1. The predicted molar refractivity (Wildman–Crippen MR) is 91.1 cm³/mol. The fourth-order valence-corrected chi connectivity index (χ4v) is 3.10. The Bertz CT molecular complexity index is 657. The third-order valence-electron chi connectivity index (χ3n) is 4.53. The van der Waals surface area contributed by atoms with Crippen molar-refractivity contribution in [3.8, 4) is 5.82 Å². The lowest BCUT2D eigenvalue weighted by molar-refractivity contribution is -0.00293. The van der Waals surface area contributed by atoms with Crippen LogP contribution in [0.2, 0.25) is 0 Å². The summed E-state index contributed by atoms with van der Waals surface area (Å²) in [5.74, 6) is 1.18. The van der Waals surface area contributed by atoms with Gasteiger partial charge in [-0.3, -0.25) is 9.36 Å². The number of aromatic nitrogens is 3. The standard InChI is InChI=1S/C18H24N4O2/c1-14-4-2-3-5-16(14)24-11-9-21-18(23)15-6-7-20-17(12-15)22-10-8-19-13-22/h6-8,10,12-14,16H,2-5,9,11H2,1H3,(H,21,23)/t14-,16-/m1/s1. The van der Waals surface area contributed by atoms with E-state index in [0.717, 1.165) is 6.42 Å². The molecular weight excluding hydrogens is 304 g/mol. The summed E-state index contributed by atoms with van der Waals surface area (Å²) < 4.78 is 7.69. The highest BCUT2D eigenvalue weighted by atomic mass is 16.5. The summed E-state index contributed by atoms with van der Waals surface area (Å²) in [5, 5.41) is 2.91. The molecule has 2 aromatic heterocycles. The number of imidazole rings is 1. The second kappa shape index (κ2) is 8.06. The summed E-state index contributed by atoms with van der Waals surface area (Å²) in [7, 11) is 0. The summed E-state index contributed by atoms with van der Waals surface area (Å²) in [6.45, 7) is 3.32. The average Bonchev–Trinajstić information content (AvgIpc) is 3.15. The van der Waals surface area contributed by atoms with E-state index in [1.807, 2.05) is 0 Å². The van der Waals surface area contributed by atoms with Crippen molar-refractivity contribution in [2.45, 2.75) is 38.7 Å². The van der Waals surface area contributed by atoms with Crippen LogP contribution >= 0.6 is 0 Å². The molecule has 1 saturated carbocycles. The van der Waals surface area contributed by atoms with Crippen LogP contribution in [0.4, 0.5) is 0 Å². The van der Waals surface area contributed by atoms with Crippen LogP contribution in [0.15, 0.2) is 37.1 Å². The van der Waals surface area contributed by atoms with Gasteiger partial charge in [0, 0.05) is 30.7 Å². The molecule has 0 aliphatic heterocycles. The molecule has 1 fully saturated rings. The monoisotopic (exact) mass is 328 g/mol. The molecule has 2 atom stereocenters. The molecule has 0 saturated heterocycles. The van der Waals surface area contributed by atoms with E-state index in [9.17, 15) is 4.79 Å². The van der Waals surface area contributed by atoms with E-state index >= 15 is 0 Å². The third kappa shape index (κ3) is 4.20. The van der Waals surface area contributed by atoms with Gasteiger partial charge < -0.3 is 10.1 Å². The molecule has 3 rings (SSSR count). The van der Waals surface area contributed by atoms with Crippen molar-refractivity contribution >= 4 is 5.91 Å². The second-order valence-electron chi connectivity index (χ2n) is 6.30. The number of pyridine rings is 1. The Morgan fingerprint density at radius 3 is 3.04 bits per heavy atom. The van der Waals surface area contributed by atoms with Gasteiger partial charge in [-0.1, -0.05) is 19.8 Å². The Balaban J connectivity index is 1.48. The van der Waals surface area contributed by atoms with Crippen LogP contribution in [0, 0.1) is 5.92 Å². The smallest absolute Gasteiger partial charge is 0.251 e. The molecule has 128 valence electrons. The molecule has 1 N–H and O–H groups in total. The summed E-state index contributed by atoms with van der Waals surface area (Å²) in [5.41, 5.74) is 0.583. The lowest BCUT2D eigenvalue weighted by atomic mass is 9.88. The van der Waals surface area contributed by atoms with Crippen molar-refractivity contribution in [2.24, 2.45) is 5.92 Å². The molecule has 0 radical (unpaired) electrons. The number of nitrogens with zero attached hydrogens (tertiary/aromatic N) is 3. The topological polar surface area (TPSA) is 69.0 Å². The fourth-order valence-electron chi connectivity index (χ4n) is 3.10. The first-order valence-electron chi connectivity index (χ1n) is 8.58. The Morgan fingerprint density at radius 1 is 1.38 bits per heavy atom. The van der Waals surface area contributed by atoms with Gasteiger partial charge in [0.15, 0.2) is 0 Å². The summed E-state index contributed by atoms with van der Waals surface area (Å²) in [6.07, 6.45) is 12.0. The molecule has 6 nitrogen and oxygen atoms in total. The highest BCUT2D eigenvalue weighted by Crippen LogP contribution is 2.25. The molecule has 0 aromatic carbocycles. The van der Waals surface area contributed by atoms with Crippen molar-refractivity contribution in [2.75, 3.05) is 13.2 Å². The van der Waals surface area contributed by atoms with Gasteiger partial charge in [0.2, 0.25) is 0 Å². The molecular formula is C18H24N4O2. The molecule has 0 spiro atoms. The lowest BCUT2D eigenvalue weighted by Gasteiger charge is -2.28. The largest absolute Gasteiger partial charge is 0.376 e. The van der Waals surface area contributed by atoms with Crippen LogP contribution in [0.5, 0.6) is 0 Å². The molecule has 2 aromatic rings. The summed E-state index contributed by atoms with van der Waals surface area (Å²) in [6, 6.07) is 3.46. The van der Waals surface area contributed by atoms with E-state index in [2.05, 4.69) is 22.2 Å². The van der Waals surface area contributed by atoms with Crippen molar-refractivity contribution in [1.29, 1.82) is 0 Å². The van der Waals surface area contributed by atoms with Crippen molar-refractivity contribution in [3.05, 3.63) is 42.6 Å². The SMILES string of the molecule is C[C@@H]1CCCC[C@H]1OCCNC(=O)c1ccnc(-n2ccnc2)c1. The fraction of sp³-hybridized carbons (Fsp3) is 0.500. The minimum atomic E-state index is -0.112. The molecule has 2 heterocycles. The highest BCUT2D eigenvalue weighted by molar-refractivity contribution is 5.94. The highest BCUT2D eigenvalue weighted by Gasteiger charge is 2.21. The first kappa shape index (κ1) is 16.6. The molecule has 1 aliphatic carbocycles.